The minimum atomic E-state index is -0.00548. The average Bonchev–Trinajstić information content (AvgIpc) is 2.90. The Bertz CT molecular complexity index is 681. The highest BCUT2D eigenvalue weighted by Crippen LogP contribution is 2.17. The minimum Gasteiger partial charge on any atom is -0.351 e. The van der Waals surface area contributed by atoms with Gasteiger partial charge >= 0.3 is 0 Å². The third kappa shape index (κ3) is 4.00. The first-order valence-electron chi connectivity index (χ1n) is 8.51. The Balaban J connectivity index is 1.57. The van der Waals surface area contributed by atoms with Crippen LogP contribution >= 0.6 is 0 Å². The molecule has 0 aliphatic carbocycles. The number of likely N-dealkylation sites (N-methyl/N-ethyl adjacent to an activating group) is 1. The van der Waals surface area contributed by atoms with Crippen molar-refractivity contribution >= 4 is 5.91 Å². The number of benzene rings is 1. The molecule has 0 saturated carbocycles. The van der Waals surface area contributed by atoms with Crippen LogP contribution in [-0.4, -0.2) is 40.6 Å². The van der Waals surface area contributed by atoms with E-state index in [1.807, 2.05) is 31.3 Å². The Labute approximate surface area is 142 Å². The summed E-state index contributed by atoms with van der Waals surface area (Å²) < 4.78 is 4.99. The molecule has 0 radical (unpaired) electrons. The molecule has 0 bridgehead atoms. The van der Waals surface area contributed by atoms with Crippen molar-refractivity contribution in [3.8, 4) is 11.4 Å². The lowest BCUT2D eigenvalue weighted by atomic mass is 10.1. The van der Waals surface area contributed by atoms with E-state index in [4.69, 9.17) is 4.52 Å². The molecule has 1 aliphatic heterocycles. The van der Waals surface area contributed by atoms with E-state index in [2.05, 4.69) is 20.4 Å². The second kappa shape index (κ2) is 7.57. The highest BCUT2D eigenvalue weighted by Gasteiger charge is 2.24. The molecule has 1 saturated heterocycles. The van der Waals surface area contributed by atoms with Gasteiger partial charge in [0.25, 0.3) is 0 Å². The van der Waals surface area contributed by atoms with Gasteiger partial charge in [0.15, 0.2) is 0 Å². The molecule has 6 nitrogen and oxygen atoms in total. The molecular formula is C18H24N4O2. The molecule has 1 N–H and O–H groups in total. The van der Waals surface area contributed by atoms with Crippen LogP contribution < -0.4 is 5.32 Å². The van der Waals surface area contributed by atoms with Crippen molar-refractivity contribution in [1.29, 1.82) is 0 Å². The summed E-state index contributed by atoms with van der Waals surface area (Å²) in [6.07, 6.45) is 4.46. The van der Waals surface area contributed by atoms with Crippen molar-refractivity contribution < 1.29 is 9.32 Å². The molecule has 1 fully saturated rings. The highest BCUT2D eigenvalue weighted by atomic mass is 16.5. The number of aryl methyl sites for hydroxylation is 1. The van der Waals surface area contributed by atoms with Gasteiger partial charge in [-0.25, -0.2) is 0 Å². The number of carbonyl (C=O) groups is 1. The van der Waals surface area contributed by atoms with Crippen LogP contribution in [0.5, 0.6) is 0 Å². The van der Waals surface area contributed by atoms with Gasteiger partial charge in [0.2, 0.25) is 17.6 Å². The number of likely N-dealkylation sites (tertiary alicyclic amines) is 1. The molecule has 0 spiro atoms. The van der Waals surface area contributed by atoms with Crippen LogP contribution in [0.2, 0.25) is 0 Å². The lowest BCUT2D eigenvalue weighted by Crippen LogP contribution is -2.44. The Hall–Kier alpha value is -2.21. The molecule has 3 rings (SSSR count). The van der Waals surface area contributed by atoms with Gasteiger partial charge in [0.05, 0.1) is 6.04 Å². The van der Waals surface area contributed by atoms with E-state index in [0.29, 0.717) is 18.3 Å². The van der Waals surface area contributed by atoms with E-state index in [-0.39, 0.29) is 11.9 Å². The second-order valence-electron chi connectivity index (χ2n) is 6.40. The largest absolute Gasteiger partial charge is 0.351 e. The fourth-order valence-electron chi connectivity index (χ4n) is 3.08. The van der Waals surface area contributed by atoms with Crippen molar-refractivity contribution in [3.63, 3.8) is 0 Å². The van der Waals surface area contributed by atoms with Crippen LogP contribution in [0.4, 0.5) is 0 Å². The number of amides is 1. The summed E-state index contributed by atoms with van der Waals surface area (Å²) in [4.78, 5) is 18.8. The number of aromatic nitrogens is 2. The first-order valence-corrected chi connectivity index (χ1v) is 8.51. The summed E-state index contributed by atoms with van der Waals surface area (Å²) in [6.45, 7) is 3.30. The smallest absolute Gasteiger partial charge is 0.237 e. The molecule has 24 heavy (non-hydrogen) atoms. The monoisotopic (exact) mass is 328 g/mol. The average molecular weight is 328 g/mol. The standard InChI is InChI=1S/C18H24N4O2/c1-13-20-17(21-24-13)15-9-7-14(8-10-15)12-19-18(23)16-6-4-3-5-11-22(16)2/h7-10,16H,3-6,11-12H2,1-2H3,(H,19,23). The lowest BCUT2D eigenvalue weighted by Gasteiger charge is -2.24. The molecule has 2 aromatic rings. The lowest BCUT2D eigenvalue weighted by molar-refractivity contribution is -0.126. The summed E-state index contributed by atoms with van der Waals surface area (Å²) in [5, 5.41) is 6.97. The van der Waals surface area contributed by atoms with Crippen LogP contribution in [-0.2, 0) is 11.3 Å². The van der Waals surface area contributed by atoms with Crippen LogP contribution in [0.3, 0.4) is 0 Å². The molecule has 1 unspecified atom stereocenters. The highest BCUT2D eigenvalue weighted by molar-refractivity contribution is 5.81. The first-order chi connectivity index (χ1) is 11.6. The Morgan fingerprint density at radius 1 is 1.29 bits per heavy atom. The quantitative estimate of drug-likeness (QED) is 0.934. The molecule has 1 aliphatic rings. The van der Waals surface area contributed by atoms with Crippen molar-refractivity contribution in [1.82, 2.24) is 20.4 Å². The Morgan fingerprint density at radius 2 is 2.08 bits per heavy atom. The minimum absolute atomic E-state index is 0.00548. The predicted octanol–water partition coefficient (Wildman–Crippen LogP) is 2.54. The number of rotatable bonds is 4. The molecule has 6 heteroatoms. The maximum Gasteiger partial charge on any atom is 0.237 e. The summed E-state index contributed by atoms with van der Waals surface area (Å²) in [7, 11) is 2.04. The topological polar surface area (TPSA) is 71.3 Å². The van der Waals surface area contributed by atoms with Gasteiger partial charge in [-0.1, -0.05) is 42.3 Å². The molecule has 1 aromatic heterocycles. The number of hydrogen-bond acceptors (Lipinski definition) is 5. The summed E-state index contributed by atoms with van der Waals surface area (Å²) in [6, 6.07) is 7.86. The summed E-state index contributed by atoms with van der Waals surface area (Å²) in [5.74, 6) is 1.26. The van der Waals surface area contributed by atoms with Crippen LogP contribution in [0.25, 0.3) is 11.4 Å². The van der Waals surface area contributed by atoms with Crippen LogP contribution in [0.1, 0.15) is 37.1 Å². The normalized spacial score (nSPS) is 19.0. The van der Waals surface area contributed by atoms with Gasteiger partial charge in [0, 0.05) is 19.0 Å². The molecule has 1 atom stereocenters. The zero-order chi connectivity index (χ0) is 16.9. The maximum atomic E-state index is 12.4. The first kappa shape index (κ1) is 16.6. The summed E-state index contributed by atoms with van der Waals surface area (Å²) >= 11 is 0. The third-order valence-electron chi connectivity index (χ3n) is 4.53. The number of nitrogens with zero attached hydrogens (tertiary/aromatic N) is 3. The predicted molar refractivity (Wildman–Crippen MR) is 91.2 cm³/mol. The van der Waals surface area contributed by atoms with Crippen molar-refractivity contribution in [2.45, 2.75) is 45.2 Å². The zero-order valence-electron chi connectivity index (χ0n) is 14.3. The van der Waals surface area contributed by atoms with Gasteiger partial charge in [-0.3, -0.25) is 9.69 Å². The number of nitrogens with one attached hydrogen (secondary N) is 1. The van der Waals surface area contributed by atoms with E-state index in [0.717, 1.165) is 30.5 Å². The fraction of sp³-hybridized carbons (Fsp3) is 0.500. The Kier molecular flexibility index (Phi) is 5.25. The van der Waals surface area contributed by atoms with E-state index < -0.39 is 0 Å². The van der Waals surface area contributed by atoms with Gasteiger partial charge < -0.3 is 9.84 Å². The van der Waals surface area contributed by atoms with E-state index in [1.54, 1.807) is 6.92 Å². The van der Waals surface area contributed by atoms with Crippen molar-refractivity contribution in [3.05, 3.63) is 35.7 Å². The van der Waals surface area contributed by atoms with E-state index in [1.165, 1.54) is 12.8 Å². The van der Waals surface area contributed by atoms with Crippen LogP contribution in [0.15, 0.2) is 28.8 Å². The van der Waals surface area contributed by atoms with Crippen LogP contribution in [0, 0.1) is 6.92 Å². The van der Waals surface area contributed by atoms with Gasteiger partial charge in [-0.05, 0) is 32.0 Å². The van der Waals surface area contributed by atoms with Gasteiger partial charge in [-0.15, -0.1) is 0 Å². The third-order valence-corrected chi connectivity index (χ3v) is 4.53. The van der Waals surface area contributed by atoms with Crippen molar-refractivity contribution in [2.75, 3.05) is 13.6 Å². The van der Waals surface area contributed by atoms with E-state index in [9.17, 15) is 4.79 Å². The van der Waals surface area contributed by atoms with Gasteiger partial charge in [-0.2, -0.15) is 4.98 Å². The fourth-order valence-corrected chi connectivity index (χ4v) is 3.08. The SMILES string of the molecule is Cc1nc(-c2ccc(CNC(=O)C3CCCCCN3C)cc2)no1. The number of hydrogen-bond donors (Lipinski definition) is 1. The zero-order valence-corrected chi connectivity index (χ0v) is 14.3. The molecular weight excluding hydrogens is 304 g/mol. The Morgan fingerprint density at radius 3 is 2.79 bits per heavy atom. The molecule has 128 valence electrons. The molecule has 1 amide bonds. The van der Waals surface area contributed by atoms with Crippen molar-refractivity contribution in [2.24, 2.45) is 0 Å². The summed E-state index contributed by atoms with van der Waals surface area (Å²) in [5.41, 5.74) is 1.97. The number of carbonyl (C=O) groups excluding carboxylic acids is 1. The molecule has 2 heterocycles. The maximum absolute atomic E-state index is 12.4. The molecule has 1 aromatic carbocycles. The second-order valence-corrected chi connectivity index (χ2v) is 6.40. The van der Waals surface area contributed by atoms with E-state index >= 15 is 0 Å². The van der Waals surface area contributed by atoms with Gasteiger partial charge in [0.1, 0.15) is 0 Å².